The van der Waals surface area contributed by atoms with E-state index < -0.39 is 0 Å². The van der Waals surface area contributed by atoms with Crippen LogP contribution < -0.4 is 5.32 Å². The Kier molecular flexibility index (Phi) is 3.50. The van der Waals surface area contributed by atoms with Gasteiger partial charge in [0.05, 0.1) is 13.0 Å². The second-order valence-electron chi connectivity index (χ2n) is 5.23. The normalized spacial score (nSPS) is 36.2. The van der Waals surface area contributed by atoms with Gasteiger partial charge in [-0.25, -0.2) is 0 Å². The molecule has 16 heavy (non-hydrogen) atoms. The van der Waals surface area contributed by atoms with E-state index in [-0.39, 0.29) is 17.3 Å². The SMILES string of the molecule is COC(=O)C1CNCC12CCCN(C)CC2. The van der Waals surface area contributed by atoms with Crippen LogP contribution in [-0.2, 0) is 9.53 Å². The van der Waals surface area contributed by atoms with E-state index >= 15 is 0 Å². The molecule has 0 aliphatic carbocycles. The fourth-order valence-electron chi connectivity index (χ4n) is 3.16. The largest absolute Gasteiger partial charge is 0.469 e. The average molecular weight is 226 g/mol. The average Bonchev–Trinajstić information content (AvgIpc) is 2.60. The van der Waals surface area contributed by atoms with Crippen molar-refractivity contribution < 1.29 is 9.53 Å². The maximum atomic E-state index is 11.8. The number of carbonyl (C=O) groups is 1. The molecule has 2 atom stereocenters. The van der Waals surface area contributed by atoms with Crippen molar-refractivity contribution >= 4 is 5.97 Å². The first-order chi connectivity index (χ1) is 7.68. The number of esters is 1. The van der Waals surface area contributed by atoms with Crippen LogP contribution in [0.25, 0.3) is 0 Å². The van der Waals surface area contributed by atoms with Crippen molar-refractivity contribution in [3.63, 3.8) is 0 Å². The Morgan fingerprint density at radius 2 is 2.25 bits per heavy atom. The minimum absolute atomic E-state index is 0.0328. The number of hydrogen-bond donors (Lipinski definition) is 1. The first-order valence-corrected chi connectivity index (χ1v) is 6.15. The van der Waals surface area contributed by atoms with Gasteiger partial charge in [-0.05, 0) is 44.8 Å². The van der Waals surface area contributed by atoms with Gasteiger partial charge >= 0.3 is 5.97 Å². The molecule has 4 nitrogen and oxygen atoms in total. The second kappa shape index (κ2) is 4.72. The minimum Gasteiger partial charge on any atom is -0.469 e. The first kappa shape index (κ1) is 11.9. The third-order valence-electron chi connectivity index (χ3n) is 4.26. The van der Waals surface area contributed by atoms with Crippen LogP contribution in [0.5, 0.6) is 0 Å². The molecule has 2 unspecified atom stereocenters. The van der Waals surface area contributed by atoms with Crippen molar-refractivity contribution in [1.29, 1.82) is 0 Å². The zero-order valence-electron chi connectivity index (χ0n) is 10.3. The van der Waals surface area contributed by atoms with E-state index in [0.29, 0.717) is 0 Å². The number of carbonyl (C=O) groups excluding carboxylic acids is 1. The summed E-state index contributed by atoms with van der Waals surface area (Å²) in [5.74, 6) is 0.0264. The number of rotatable bonds is 1. The molecule has 2 aliphatic rings. The number of ether oxygens (including phenoxy) is 1. The molecule has 0 bridgehead atoms. The van der Waals surface area contributed by atoms with E-state index in [0.717, 1.165) is 39.0 Å². The van der Waals surface area contributed by atoms with Gasteiger partial charge < -0.3 is 15.0 Å². The van der Waals surface area contributed by atoms with Crippen LogP contribution in [0.1, 0.15) is 19.3 Å². The third kappa shape index (κ3) is 2.09. The summed E-state index contributed by atoms with van der Waals surface area (Å²) in [5, 5.41) is 3.37. The molecule has 0 radical (unpaired) electrons. The Hall–Kier alpha value is -0.610. The summed E-state index contributed by atoms with van der Waals surface area (Å²) in [6, 6.07) is 0. The predicted octanol–water partition coefficient (Wildman–Crippen LogP) is 0.481. The number of methoxy groups -OCH3 is 1. The highest BCUT2D eigenvalue weighted by atomic mass is 16.5. The van der Waals surface area contributed by atoms with E-state index in [1.807, 2.05) is 0 Å². The van der Waals surface area contributed by atoms with Gasteiger partial charge in [-0.1, -0.05) is 0 Å². The van der Waals surface area contributed by atoms with Gasteiger partial charge in [0.25, 0.3) is 0 Å². The predicted molar refractivity (Wildman–Crippen MR) is 62.2 cm³/mol. The van der Waals surface area contributed by atoms with Crippen molar-refractivity contribution in [2.24, 2.45) is 11.3 Å². The lowest BCUT2D eigenvalue weighted by Crippen LogP contribution is -2.36. The van der Waals surface area contributed by atoms with Gasteiger partial charge in [0.15, 0.2) is 0 Å². The van der Waals surface area contributed by atoms with E-state index in [4.69, 9.17) is 4.74 Å². The van der Waals surface area contributed by atoms with E-state index in [9.17, 15) is 4.79 Å². The van der Waals surface area contributed by atoms with Crippen molar-refractivity contribution in [1.82, 2.24) is 10.2 Å². The van der Waals surface area contributed by atoms with Crippen LogP contribution in [0.4, 0.5) is 0 Å². The zero-order valence-corrected chi connectivity index (χ0v) is 10.3. The van der Waals surface area contributed by atoms with Gasteiger partial charge in [0.2, 0.25) is 0 Å². The Labute approximate surface area is 97.3 Å². The fourth-order valence-corrected chi connectivity index (χ4v) is 3.16. The molecule has 1 N–H and O–H groups in total. The molecule has 92 valence electrons. The number of likely N-dealkylation sites (tertiary alicyclic amines) is 1. The van der Waals surface area contributed by atoms with Crippen LogP contribution in [0.2, 0.25) is 0 Å². The highest BCUT2D eigenvalue weighted by Crippen LogP contribution is 2.41. The molecular formula is C12H22N2O2. The lowest BCUT2D eigenvalue weighted by Gasteiger charge is -2.31. The molecule has 4 heteroatoms. The minimum atomic E-state index is -0.0328. The van der Waals surface area contributed by atoms with E-state index in [1.54, 1.807) is 0 Å². The van der Waals surface area contributed by atoms with Crippen molar-refractivity contribution in [3.05, 3.63) is 0 Å². The molecule has 1 spiro atoms. The third-order valence-corrected chi connectivity index (χ3v) is 4.26. The van der Waals surface area contributed by atoms with E-state index in [2.05, 4.69) is 17.3 Å². The van der Waals surface area contributed by atoms with Gasteiger partial charge in [-0.3, -0.25) is 4.79 Å². The lowest BCUT2D eigenvalue weighted by atomic mass is 9.72. The summed E-state index contributed by atoms with van der Waals surface area (Å²) in [7, 11) is 3.66. The molecule has 2 saturated heterocycles. The zero-order chi connectivity index (χ0) is 11.6. The summed E-state index contributed by atoms with van der Waals surface area (Å²) < 4.78 is 4.94. The van der Waals surface area contributed by atoms with Crippen molar-refractivity contribution in [2.45, 2.75) is 19.3 Å². The smallest absolute Gasteiger partial charge is 0.310 e. The summed E-state index contributed by atoms with van der Waals surface area (Å²) in [6.45, 7) is 4.00. The Bertz CT molecular complexity index is 270. The molecule has 0 aromatic heterocycles. The Morgan fingerprint density at radius 3 is 3.00 bits per heavy atom. The fraction of sp³-hybridized carbons (Fsp3) is 0.917. The molecule has 0 amide bonds. The first-order valence-electron chi connectivity index (χ1n) is 6.15. The molecule has 0 aromatic rings. The maximum absolute atomic E-state index is 11.8. The number of nitrogens with zero attached hydrogens (tertiary/aromatic N) is 1. The summed E-state index contributed by atoms with van der Waals surface area (Å²) in [5.41, 5.74) is 0.151. The standard InChI is InChI=1S/C12H22N2O2/c1-14-6-3-4-12(5-7-14)9-13-8-10(12)11(15)16-2/h10,13H,3-9H2,1-2H3. The molecule has 0 aromatic carbocycles. The monoisotopic (exact) mass is 226 g/mol. The molecule has 2 heterocycles. The van der Waals surface area contributed by atoms with Crippen LogP contribution in [0.3, 0.4) is 0 Å². The molecule has 2 fully saturated rings. The summed E-state index contributed by atoms with van der Waals surface area (Å²) in [6.07, 6.45) is 3.44. The number of hydrogen-bond acceptors (Lipinski definition) is 4. The van der Waals surface area contributed by atoms with Gasteiger partial charge in [-0.15, -0.1) is 0 Å². The summed E-state index contributed by atoms with van der Waals surface area (Å²) >= 11 is 0. The van der Waals surface area contributed by atoms with Crippen LogP contribution in [0.15, 0.2) is 0 Å². The summed E-state index contributed by atoms with van der Waals surface area (Å²) in [4.78, 5) is 14.2. The lowest BCUT2D eigenvalue weighted by molar-refractivity contribution is -0.148. The molecular weight excluding hydrogens is 204 g/mol. The second-order valence-corrected chi connectivity index (χ2v) is 5.23. The molecule has 2 rings (SSSR count). The van der Waals surface area contributed by atoms with Crippen LogP contribution in [-0.4, -0.2) is 51.2 Å². The highest BCUT2D eigenvalue weighted by Gasteiger charge is 2.47. The van der Waals surface area contributed by atoms with Gasteiger partial charge in [-0.2, -0.15) is 0 Å². The van der Waals surface area contributed by atoms with Gasteiger partial charge in [0.1, 0.15) is 0 Å². The van der Waals surface area contributed by atoms with Crippen LogP contribution in [0, 0.1) is 11.3 Å². The quantitative estimate of drug-likeness (QED) is 0.660. The topological polar surface area (TPSA) is 41.6 Å². The highest BCUT2D eigenvalue weighted by molar-refractivity contribution is 5.74. The van der Waals surface area contributed by atoms with Crippen molar-refractivity contribution in [3.8, 4) is 0 Å². The van der Waals surface area contributed by atoms with Crippen LogP contribution >= 0.6 is 0 Å². The van der Waals surface area contributed by atoms with Gasteiger partial charge in [0, 0.05) is 13.1 Å². The Balaban J connectivity index is 2.12. The maximum Gasteiger partial charge on any atom is 0.310 e. The molecule has 2 aliphatic heterocycles. The van der Waals surface area contributed by atoms with Crippen molar-refractivity contribution in [2.75, 3.05) is 40.3 Å². The molecule has 0 saturated carbocycles. The van der Waals surface area contributed by atoms with E-state index in [1.165, 1.54) is 13.5 Å². The number of nitrogens with one attached hydrogen (secondary N) is 1. The Morgan fingerprint density at radius 1 is 1.44 bits per heavy atom.